The third kappa shape index (κ3) is 5.58. The number of nitrogens with one attached hydrogen (secondary N) is 1. The summed E-state index contributed by atoms with van der Waals surface area (Å²) in [6.07, 6.45) is 2.65. The van der Waals surface area contributed by atoms with Crippen LogP contribution in [0.2, 0.25) is 0 Å². The molecule has 1 heterocycles. The molecular formula is C17H16BrNO5. The van der Waals surface area contributed by atoms with Crippen molar-refractivity contribution in [3.8, 4) is 5.75 Å². The van der Waals surface area contributed by atoms with Gasteiger partial charge in [0.15, 0.2) is 11.3 Å². The summed E-state index contributed by atoms with van der Waals surface area (Å²) in [4.78, 5) is 23.3. The first-order valence-corrected chi connectivity index (χ1v) is 7.86. The van der Waals surface area contributed by atoms with Crippen LogP contribution in [0.25, 0.3) is 6.08 Å². The van der Waals surface area contributed by atoms with Gasteiger partial charge in [0.1, 0.15) is 11.5 Å². The zero-order valence-electron chi connectivity index (χ0n) is 13.0. The van der Waals surface area contributed by atoms with Crippen LogP contribution in [-0.2, 0) is 20.9 Å². The number of carbonyl (C=O) groups excluding carboxylic acids is 2. The largest absolute Gasteiger partial charge is 0.496 e. The molecule has 24 heavy (non-hydrogen) atoms. The third-order valence-electron chi connectivity index (χ3n) is 2.99. The van der Waals surface area contributed by atoms with E-state index < -0.39 is 11.9 Å². The van der Waals surface area contributed by atoms with Gasteiger partial charge in [-0.2, -0.15) is 0 Å². The second kappa shape index (κ2) is 8.93. The molecule has 0 aliphatic heterocycles. The summed E-state index contributed by atoms with van der Waals surface area (Å²) in [5.74, 6) is 0.153. The van der Waals surface area contributed by atoms with Gasteiger partial charge in [0, 0.05) is 18.2 Å². The molecule has 1 amide bonds. The van der Waals surface area contributed by atoms with Gasteiger partial charge in [0.2, 0.25) is 0 Å². The molecule has 0 saturated heterocycles. The number of halogens is 1. The topological polar surface area (TPSA) is 77.8 Å². The Morgan fingerprint density at radius 3 is 2.75 bits per heavy atom. The standard InChI is InChI=1S/C17H16BrNO5/c1-22-14-5-3-2-4-12(14)10-19-16(20)11-23-17(21)9-7-13-6-8-15(18)24-13/h2-9H,10-11H2,1H3,(H,19,20)/b9-7+. The SMILES string of the molecule is COc1ccccc1CNC(=O)COC(=O)/C=C/c1ccc(Br)o1. The molecule has 0 spiro atoms. The van der Waals surface area contributed by atoms with Crippen molar-refractivity contribution in [1.29, 1.82) is 0 Å². The van der Waals surface area contributed by atoms with Crippen LogP contribution in [0.1, 0.15) is 11.3 Å². The van der Waals surface area contributed by atoms with Gasteiger partial charge < -0.3 is 19.2 Å². The highest BCUT2D eigenvalue weighted by Gasteiger charge is 2.07. The summed E-state index contributed by atoms with van der Waals surface area (Å²) in [6, 6.07) is 10.7. The van der Waals surface area contributed by atoms with Crippen LogP contribution in [0.4, 0.5) is 0 Å². The van der Waals surface area contributed by atoms with Crippen LogP contribution >= 0.6 is 15.9 Å². The molecule has 7 heteroatoms. The third-order valence-corrected chi connectivity index (χ3v) is 3.42. The van der Waals surface area contributed by atoms with Gasteiger partial charge in [-0.1, -0.05) is 18.2 Å². The Hall–Kier alpha value is -2.54. The lowest BCUT2D eigenvalue weighted by molar-refractivity contribution is -0.143. The second-order valence-corrected chi connectivity index (χ2v) is 5.45. The molecule has 6 nitrogen and oxygen atoms in total. The van der Waals surface area contributed by atoms with Crippen LogP contribution < -0.4 is 10.1 Å². The molecule has 2 aromatic rings. The Morgan fingerprint density at radius 1 is 1.25 bits per heavy atom. The number of amides is 1. The first-order valence-electron chi connectivity index (χ1n) is 7.07. The molecule has 0 aliphatic carbocycles. The van der Waals surface area contributed by atoms with Crippen molar-refractivity contribution >= 4 is 33.9 Å². The van der Waals surface area contributed by atoms with E-state index >= 15 is 0 Å². The van der Waals surface area contributed by atoms with E-state index in [4.69, 9.17) is 13.9 Å². The maximum Gasteiger partial charge on any atom is 0.331 e. The van der Waals surface area contributed by atoms with Gasteiger partial charge in [0.25, 0.3) is 5.91 Å². The van der Waals surface area contributed by atoms with Crippen molar-refractivity contribution in [3.63, 3.8) is 0 Å². The van der Waals surface area contributed by atoms with Crippen molar-refractivity contribution < 1.29 is 23.5 Å². The molecule has 0 saturated carbocycles. The maximum absolute atomic E-state index is 11.7. The van der Waals surface area contributed by atoms with Crippen molar-refractivity contribution in [1.82, 2.24) is 5.32 Å². The molecule has 1 aromatic carbocycles. The number of ether oxygens (including phenoxy) is 2. The summed E-state index contributed by atoms with van der Waals surface area (Å²) in [5, 5.41) is 2.66. The summed E-state index contributed by atoms with van der Waals surface area (Å²) in [6.45, 7) is -0.0726. The van der Waals surface area contributed by atoms with E-state index in [0.29, 0.717) is 16.2 Å². The fourth-order valence-corrected chi connectivity index (χ4v) is 2.17. The normalized spacial score (nSPS) is 10.6. The van der Waals surface area contributed by atoms with E-state index in [9.17, 15) is 9.59 Å². The lowest BCUT2D eigenvalue weighted by atomic mass is 10.2. The first-order chi connectivity index (χ1) is 11.6. The van der Waals surface area contributed by atoms with E-state index in [-0.39, 0.29) is 13.2 Å². The van der Waals surface area contributed by atoms with E-state index in [1.807, 2.05) is 18.2 Å². The molecule has 0 unspecified atom stereocenters. The van der Waals surface area contributed by atoms with Gasteiger partial charge in [0.05, 0.1) is 7.11 Å². The summed E-state index contributed by atoms with van der Waals surface area (Å²) in [7, 11) is 1.56. The Bertz CT molecular complexity index is 738. The molecule has 1 aromatic heterocycles. The minimum atomic E-state index is -0.630. The van der Waals surface area contributed by atoms with Crippen LogP contribution in [-0.4, -0.2) is 25.6 Å². The molecule has 0 fully saturated rings. The molecule has 1 N–H and O–H groups in total. The Labute approximate surface area is 147 Å². The fourth-order valence-electron chi connectivity index (χ4n) is 1.85. The van der Waals surface area contributed by atoms with Gasteiger partial charge >= 0.3 is 5.97 Å². The molecule has 0 aliphatic rings. The lowest BCUT2D eigenvalue weighted by Gasteiger charge is -2.09. The Balaban J connectivity index is 1.74. The molecule has 0 radical (unpaired) electrons. The van der Waals surface area contributed by atoms with Gasteiger partial charge in [-0.3, -0.25) is 4.79 Å². The molecule has 2 rings (SSSR count). The fraction of sp³-hybridized carbons (Fsp3) is 0.176. The highest BCUT2D eigenvalue weighted by molar-refractivity contribution is 9.10. The van der Waals surface area contributed by atoms with Gasteiger partial charge in [-0.05, 0) is 40.2 Å². The second-order valence-electron chi connectivity index (χ2n) is 4.67. The number of esters is 1. The van der Waals surface area contributed by atoms with Gasteiger partial charge in [-0.15, -0.1) is 0 Å². The first kappa shape index (κ1) is 17.8. The van der Waals surface area contributed by atoms with Crippen LogP contribution in [0, 0.1) is 0 Å². The monoisotopic (exact) mass is 393 g/mol. The van der Waals surface area contributed by atoms with Crippen molar-refractivity contribution in [2.24, 2.45) is 0 Å². The molecule has 126 valence electrons. The van der Waals surface area contributed by atoms with Crippen molar-refractivity contribution in [3.05, 3.63) is 58.5 Å². The summed E-state index contributed by atoms with van der Waals surface area (Å²) in [5.41, 5.74) is 0.836. The Kier molecular flexibility index (Phi) is 6.62. The highest BCUT2D eigenvalue weighted by Crippen LogP contribution is 2.16. The van der Waals surface area contributed by atoms with Crippen LogP contribution in [0.3, 0.4) is 0 Å². The number of rotatable bonds is 7. The van der Waals surface area contributed by atoms with Crippen molar-refractivity contribution in [2.75, 3.05) is 13.7 Å². The van der Waals surface area contributed by atoms with Crippen LogP contribution in [0.5, 0.6) is 5.75 Å². The zero-order valence-corrected chi connectivity index (χ0v) is 14.5. The lowest BCUT2D eigenvalue weighted by Crippen LogP contribution is -2.28. The predicted molar refractivity (Wildman–Crippen MR) is 91.2 cm³/mol. The number of para-hydroxylation sites is 1. The zero-order chi connectivity index (χ0) is 17.4. The number of hydrogen-bond donors (Lipinski definition) is 1. The van der Waals surface area contributed by atoms with Crippen LogP contribution in [0.15, 0.2) is 51.6 Å². The van der Waals surface area contributed by atoms with Gasteiger partial charge in [-0.25, -0.2) is 4.79 Å². The number of hydrogen-bond acceptors (Lipinski definition) is 5. The number of benzene rings is 1. The van der Waals surface area contributed by atoms with E-state index in [0.717, 1.165) is 5.56 Å². The average molecular weight is 394 g/mol. The minimum absolute atomic E-state index is 0.288. The van der Waals surface area contributed by atoms with E-state index in [1.54, 1.807) is 25.3 Å². The molecule has 0 atom stereocenters. The van der Waals surface area contributed by atoms with Crippen molar-refractivity contribution in [2.45, 2.75) is 6.54 Å². The van der Waals surface area contributed by atoms with E-state index in [2.05, 4.69) is 21.2 Å². The predicted octanol–water partition coefficient (Wildman–Crippen LogP) is 2.92. The minimum Gasteiger partial charge on any atom is -0.496 e. The maximum atomic E-state index is 11.7. The summed E-state index contributed by atoms with van der Waals surface area (Å²) < 4.78 is 15.8. The number of methoxy groups -OCH3 is 1. The average Bonchev–Trinajstić information content (AvgIpc) is 3.01. The quantitative estimate of drug-likeness (QED) is 0.577. The van der Waals surface area contributed by atoms with E-state index in [1.165, 1.54) is 12.2 Å². The Morgan fingerprint density at radius 2 is 2.04 bits per heavy atom. The molecule has 0 bridgehead atoms. The highest BCUT2D eigenvalue weighted by atomic mass is 79.9. The smallest absolute Gasteiger partial charge is 0.331 e. The number of carbonyl (C=O) groups is 2. The molecular weight excluding hydrogens is 378 g/mol. The number of furan rings is 1. The summed E-state index contributed by atoms with van der Waals surface area (Å²) >= 11 is 3.16.